The summed E-state index contributed by atoms with van der Waals surface area (Å²) in [6, 6.07) is 0. The Labute approximate surface area is 73.1 Å². The molecule has 0 atom stereocenters. The Bertz CT molecular complexity index is 171. The molecule has 70 valence electrons. The molecule has 0 aromatic heterocycles. The van der Waals surface area contributed by atoms with Gasteiger partial charge in [0, 0.05) is 27.9 Å². The quantitative estimate of drug-likeness (QED) is 0.562. The Hall–Kier alpha value is -1.06. The smallest absolute Gasteiger partial charge is 0.220 e. The van der Waals surface area contributed by atoms with Gasteiger partial charge < -0.3 is 9.80 Å². The molecule has 0 spiro atoms. The minimum absolute atomic E-state index is 0.0457. The molecule has 0 rings (SSSR count). The van der Waals surface area contributed by atoms with Crippen LogP contribution in [0.4, 0.5) is 0 Å². The minimum atomic E-state index is -0.181. The first-order valence-electron chi connectivity index (χ1n) is 3.84. The third kappa shape index (κ3) is 2.53. The number of amides is 2. The molecule has 0 bridgehead atoms. The van der Waals surface area contributed by atoms with Gasteiger partial charge in [0.15, 0.2) is 0 Å². The van der Waals surface area contributed by atoms with Gasteiger partial charge in [0.05, 0.1) is 0 Å². The molecular formula is C8H16N2O2. The molecule has 4 nitrogen and oxygen atoms in total. The Morgan fingerprint density at radius 3 is 1.42 bits per heavy atom. The lowest BCUT2D eigenvalue weighted by molar-refractivity contribution is -0.139. The number of nitrogens with zero attached hydrogens (tertiary/aromatic N) is 2. The van der Waals surface area contributed by atoms with Gasteiger partial charge in [-0.2, -0.15) is 0 Å². The monoisotopic (exact) mass is 172 g/mol. The second kappa shape index (κ2) is 4.09. The van der Waals surface area contributed by atoms with Gasteiger partial charge in [-0.25, -0.2) is 0 Å². The number of carbonyl (C=O) groups is 2. The Morgan fingerprint density at radius 1 is 1.00 bits per heavy atom. The van der Waals surface area contributed by atoms with Crippen LogP contribution in [-0.4, -0.2) is 41.9 Å². The highest BCUT2D eigenvalue weighted by Crippen LogP contribution is 2.01. The molecule has 0 aliphatic rings. The largest absolute Gasteiger partial charge is 0.326 e. The van der Waals surface area contributed by atoms with Crippen molar-refractivity contribution in [3.05, 3.63) is 0 Å². The zero-order valence-corrected chi connectivity index (χ0v) is 8.29. The summed E-state index contributed by atoms with van der Waals surface area (Å²) in [5.74, 6) is -0.0915. The number of hydrogen-bond acceptors (Lipinski definition) is 2. The fourth-order valence-corrected chi connectivity index (χ4v) is 0.786. The van der Waals surface area contributed by atoms with E-state index in [0.717, 1.165) is 0 Å². The zero-order valence-electron chi connectivity index (χ0n) is 8.29. The van der Waals surface area contributed by atoms with Crippen molar-refractivity contribution in [3.8, 4) is 0 Å². The Balaban J connectivity index is 4.28. The molecule has 0 unspecified atom stereocenters. The molecule has 0 radical (unpaired) electrons. The van der Waals surface area contributed by atoms with Crippen molar-refractivity contribution in [3.63, 3.8) is 0 Å². The Morgan fingerprint density at radius 2 is 1.25 bits per heavy atom. The van der Waals surface area contributed by atoms with E-state index < -0.39 is 0 Å². The predicted molar refractivity (Wildman–Crippen MR) is 46.4 cm³/mol. The molecule has 0 aromatic carbocycles. The molecule has 12 heavy (non-hydrogen) atoms. The van der Waals surface area contributed by atoms with E-state index in [1.54, 1.807) is 14.1 Å². The molecule has 0 saturated heterocycles. The third-order valence-corrected chi connectivity index (χ3v) is 2.11. The van der Waals surface area contributed by atoms with Gasteiger partial charge in [0.25, 0.3) is 0 Å². The highest BCUT2D eigenvalue weighted by molar-refractivity contribution is 5.76. The number of rotatable bonds is 2. The summed E-state index contributed by atoms with van der Waals surface area (Å²) < 4.78 is 0. The lowest BCUT2D eigenvalue weighted by Crippen LogP contribution is -2.46. The summed E-state index contributed by atoms with van der Waals surface area (Å²) in [4.78, 5) is 24.8. The van der Waals surface area contributed by atoms with Gasteiger partial charge in [0.2, 0.25) is 11.8 Å². The SMILES string of the molecule is CC(=O)N(C)C(C)N(C)C(C)=O. The summed E-state index contributed by atoms with van der Waals surface area (Å²) in [5, 5.41) is 0. The minimum Gasteiger partial charge on any atom is -0.326 e. The second-order valence-electron chi connectivity index (χ2n) is 2.89. The van der Waals surface area contributed by atoms with E-state index in [2.05, 4.69) is 0 Å². The van der Waals surface area contributed by atoms with Crippen molar-refractivity contribution in [2.45, 2.75) is 26.9 Å². The lowest BCUT2D eigenvalue weighted by atomic mass is 10.4. The van der Waals surface area contributed by atoms with Gasteiger partial charge in [-0.1, -0.05) is 0 Å². The van der Waals surface area contributed by atoms with Crippen LogP contribution in [0.5, 0.6) is 0 Å². The van der Waals surface area contributed by atoms with Crippen LogP contribution in [0.3, 0.4) is 0 Å². The maximum Gasteiger partial charge on any atom is 0.220 e. The summed E-state index contributed by atoms with van der Waals surface area (Å²) in [7, 11) is 3.35. The molecule has 0 N–H and O–H groups in total. The molecule has 0 saturated carbocycles. The van der Waals surface area contributed by atoms with E-state index in [0.29, 0.717) is 0 Å². The van der Waals surface area contributed by atoms with Gasteiger partial charge in [-0.05, 0) is 6.92 Å². The standard InChI is InChI=1S/C8H16N2O2/c1-6(9(4)7(2)11)10(5)8(3)12/h6H,1-5H3. The molecule has 0 fully saturated rings. The van der Waals surface area contributed by atoms with E-state index in [1.807, 2.05) is 6.92 Å². The average Bonchev–Trinajstić information content (AvgIpc) is 2.00. The number of hydrogen-bond donors (Lipinski definition) is 0. The van der Waals surface area contributed by atoms with Gasteiger partial charge in [-0.15, -0.1) is 0 Å². The first kappa shape index (κ1) is 10.9. The molecule has 0 aliphatic heterocycles. The fraction of sp³-hybridized carbons (Fsp3) is 0.750. The van der Waals surface area contributed by atoms with Crippen LogP contribution in [0.25, 0.3) is 0 Å². The van der Waals surface area contributed by atoms with E-state index in [9.17, 15) is 9.59 Å². The van der Waals surface area contributed by atoms with Crippen molar-refractivity contribution in [2.24, 2.45) is 0 Å². The third-order valence-electron chi connectivity index (χ3n) is 2.11. The van der Waals surface area contributed by atoms with Crippen LogP contribution < -0.4 is 0 Å². The van der Waals surface area contributed by atoms with E-state index >= 15 is 0 Å². The summed E-state index contributed by atoms with van der Waals surface area (Å²) in [5.41, 5.74) is 0. The van der Waals surface area contributed by atoms with Crippen molar-refractivity contribution >= 4 is 11.8 Å². The summed E-state index contributed by atoms with van der Waals surface area (Å²) in [6.07, 6.45) is -0.181. The highest BCUT2D eigenvalue weighted by atomic mass is 16.2. The molecule has 4 heteroatoms. The second-order valence-corrected chi connectivity index (χ2v) is 2.89. The summed E-state index contributed by atoms with van der Waals surface area (Å²) >= 11 is 0. The van der Waals surface area contributed by atoms with Gasteiger partial charge >= 0.3 is 0 Å². The van der Waals surface area contributed by atoms with E-state index in [4.69, 9.17) is 0 Å². The van der Waals surface area contributed by atoms with Crippen LogP contribution in [0.1, 0.15) is 20.8 Å². The van der Waals surface area contributed by atoms with Crippen LogP contribution in [-0.2, 0) is 9.59 Å². The molecule has 0 aliphatic carbocycles. The van der Waals surface area contributed by atoms with Gasteiger partial charge in [-0.3, -0.25) is 9.59 Å². The zero-order chi connectivity index (χ0) is 9.89. The molecule has 0 aromatic rings. The van der Waals surface area contributed by atoms with Crippen LogP contribution >= 0.6 is 0 Å². The predicted octanol–water partition coefficient (Wildman–Crippen LogP) is 0.289. The molecule has 2 amide bonds. The maximum absolute atomic E-state index is 10.9. The Kier molecular flexibility index (Phi) is 3.73. The van der Waals surface area contributed by atoms with Crippen molar-refractivity contribution in [1.29, 1.82) is 0 Å². The number of carbonyl (C=O) groups excluding carboxylic acids is 2. The van der Waals surface area contributed by atoms with Crippen molar-refractivity contribution < 1.29 is 9.59 Å². The molecular weight excluding hydrogens is 156 g/mol. The van der Waals surface area contributed by atoms with Crippen LogP contribution in [0.15, 0.2) is 0 Å². The normalized spacial score (nSPS) is 9.83. The van der Waals surface area contributed by atoms with Crippen molar-refractivity contribution in [1.82, 2.24) is 9.80 Å². The van der Waals surface area contributed by atoms with Crippen molar-refractivity contribution in [2.75, 3.05) is 14.1 Å². The summed E-state index contributed by atoms with van der Waals surface area (Å²) in [6.45, 7) is 4.76. The maximum atomic E-state index is 10.9. The van der Waals surface area contributed by atoms with Crippen LogP contribution in [0.2, 0.25) is 0 Å². The van der Waals surface area contributed by atoms with Gasteiger partial charge in [0.1, 0.15) is 6.17 Å². The average molecular weight is 172 g/mol. The molecule has 0 heterocycles. The highest BCUT2D eigenvalue weighted by Gasteiger charge is 2.17. The topological polar surface area (TPSA) is 40.6 Å². The fourth-order valence-electron chi connectivity index (χ4n) is 0.786. The van der Waals surface area contributed by atoms with Crippen LogP contribution in [0, 0.1) is 0 Å². The van der Waals surface area contributed by atoms with E-state index in [1.165, 1.54) is 23.6 Å². The first-order chi connectivity index (χ1) is 5.37. The van der Waals surface area contributed by atoms with E-state index in [-0.39, 0.29) is 18.0 Å². The lowest BCUT2D eigenvalue weighted by Gasteiger charge is -2.31. The first-order valence-corrected chi connectivity index (χ1v) is 3.84.